The van der Waals surface area contributed by atoms with Crippen LogP contribution in [0, 0.1) is 11.7 Å². The van der Waals surface area contributed by atoms with Gasteiger partial charge in [0, 0.05) is 17.3 Å². The third-order valence-corrected chi connectivity index (χ3v) is 4.64. The van der Waals surface area contributed by atoms with Crippen LogP contribution in [-0.2, 0) is 9.53 Å². The maximum absolute atomic E-state index is 13.9. The summed E-state index contributed by atoms with van der Waals surface area (Å²) in [6.07, 6.45) is 1.79. The van der Waals surface area contributed by atoms with Crippen molar-refractivity contribution >= 4 is 23.5 Å². The van der Waals surface area contributed by atoms with E-state index in [4.69, 9.17) is 9.84 Å². The van der Waals surface area contributed by atoms with Crippen molar-refractivity contribution in [2.24, 2.45) is 5.92 Å². The Morgan fingerprint density at radius 2 is 1.84 bits per heavy atom. The molecule has 0 aromatic heterocycles. The van der Waals surface area contributed by atoms with E-state index >= 15 is 0 Å². The number of Topliss-reactive ketones (excluding diaryl/α,β-unsaturated/α-hetero) is 1. The number of rotatable bonds is 9. The smallest absolute Gasteiger partial charge is 0.412 e. The van der Waals surface area contributed by atoms with Crippen LogP contribution >= 0.6 is 0 Å². The van der Waals surface area contributed by atoms with Gasteiger partial charge < -0.3 is 14.9 Å². The molecule has 0 saturated heterocycles. The Kier molecular flexibility index (Phi) is 8.31. The lowest BCUT2D eigenvalue weighted by Crippen LogP contribution is -2.22. The van der Waals surface area contributed by atoms with Crippen LogP contribution in [0.3, 0.4) is 0 Å². The maximum Gasteiger partial charge on any atom is 0.412 e. The number of anilines is 1. The number of carbonyl (C=O) groups is 3. The highest BCUT2D eigenvalue weighted by Gasteiger charge is 2.24. The van der Waals surface area contributed by atoms with E-state index in [-0.39, 0.29) is 11.7 Å². The van der Waals surface area contributed by atoms with Gasteiger partial charge in [-0.2, -0.15) is 0 Å². The number of ketones is 1. The molecule has 2 atom stereocenters. The van der Waals surface area contributed by atoms with Crippen molar-refractivity contribution in [2.45, 2.75) is 32.8 Å². The molecule has 164 valence electrons. The number of aliphatic carboxylic acids is 1. The largest absolute Gasteiger partial charge is 0.505 e. The van der Waals surface area contributed by atoms with E-state index in [1.165, 1.54) is 25.1 Å². The molecule has 0 saturated carbocycles. The van der Waals surface area contributed by atoms with E-state index in [1.807, 2.05) is 0 Å². The summed E-state index contributed by atoms with van der Waals surface area (Å²) in [5.74, 6) is -2.81. The van der Waals surface area contributed by atoms with E-state index in [9.17, 15) is 23.9 Å². The summed E-state index contributed by atoms with van der Waals surface area (Å²) in [4.78, 5) is 34.4. The minimum absolute atomic E-state index is 0.102. The predicted molar refractivity (Wildman–Crippen MR) is 113 cm³/mol. The molecule has 0 aliphatic heterocycles. The van der Waals surface area contributed by atoms with Gasteiger partial charge in [-0.3, -0.25) is 10.1 Å². The standard InChI is InChI=1S/C23H24FNO6/c1-14(5-3-4-6-21(28)29)22(17-9-12-20(27)19(24)13-17)31-23(30)25-18-10-7-16(8-11-18)15(2)26/h4,6-14,22,27H,3,5H2,1-2H3,(H,25,30)(H,28,29)/b6-4+/t14-,22+/m0/s1. The molecule has 2 aromatic carbocycles. The number of phenolic OH excluding ortho intramolecular Hbond substituents is 1. The highest BCUT2D eigenvalue weighted by Crippen LogP contribution is 2.32. The van der Waals surface area contributed by atoms with Crippen molar-refractivity contribution in [1.29, 1.82) is 0 Å². The van der Waals surface area contributed by atoms with Crippen LogP contribution in [0.2, 0.25) is 0 Å². The average Bonchev–Trinajstić information content (AvgIpc) is 2.71. The van der Waals surface area contributed by atoms with Gasteiger partial charge in [-0.1, -0.05) is 19.1 Å². The first-order chi connectivity index (χ1) is 14.7. The van der Waals surface area contributed by atoms with Crippen LogP contribution in [0.5, 0.6) is 5.75 Å². The van der Waals surface area contributed by atoms with Crippen LogP contribution in [-0.4, -0.2) is 28.1 Å². The van der Waals surface area contributed by atoms with Gasteiger partial charge in [0.05, 0.1) is 0 Å². The second-order valence-electron chi connectivity index (χ2n) is 7.09. The van der Waals surface area contributed by atoms with Gasteiger partial charge in [-0.25, -0.2) is 14.0 Å². The fourth-order valence-corrected chi connectivity index (χ4v) is 2.96. The number of carboxylic acids is 1. The minimum Gasteiger partial charge on any atom is -0.505 e. The zero-order valence-corrected chi connectivity index (χ0v) is 17.2. The van der Waals surface area contributed by atoms with Gasteiger partial charge in [-0.15, -0.1) is 0 Å². The topological polar surface area (TPSA) is 113 Å². The zero-order chi connectivity index (χ0) is 23.0. The molecule has 0 fully saturated rings. The average molecular weight is 429 g/mol. The quantitative estimate of drug-likeness (QED) is 0.378. The number of hydrogen-bond acceptors (Lipinski definition) is 5. The molecular formula is C23H24FNO6. The highest BCUT2D eigenvalue weighted by molar-refractivity contribution is 5.95. The summed E-state index contributed by atoms with van der Waals surface area (Å²) in [6.45, 7) is 3.23. The Labute approximate surface area is 179 Å². The third kappa shape index (κ3) is 7.26. The lowest BCUT2D eigenvalue weighted by atomic mass is 9.93. The molecule has 0 heterocycles. The molecule has 0 radical (unpaired) electrons. The summed E-state index contributed by atoms with van der Waals surface area (Å²) in [7, 11) is 0. The van der Waals surface area contributed by atoms with E-state index in [0.717, 1.165) is 12.1 Å². The second kappa shape index (κ2) is 10.9. The molecule has 2 rings (SSSR count). The molecule has 2 aromatic rings. The van der Waals surface area contributed by atoms with Crippen LogP contribution in [0.1, 0.15) is 48.7 Å². The Bertz CT molecular complexity index is 971. The van der Waals surface area contributed by atoms with Gasteiger partial charge in [0.2, 0.25) is 0 Å². The van der Waals surface area contributed by atoms with Crippen molar-refractivity contribution < 1.29 is 33.7 Å². The van der Waals surface area contributed by atoms with E-state index in [0.29, 0.717) is 29.7 Å². The number of carboxylic acid groups (broad SMARTS) is 1. The molecule has 7 nitrogen and oxygen atoms in total. The highest BCUT2D eigenvalue weighted by atomic mass is 19.1. The maximum atomic E-state index is 13.9. The van der Waals surface area contributed by atoms with Gasteiger partial charge in [0.1, 0.15) is 6.10 Å². The van der Waals surface area contributed by atoms with Crippen molar-refractivity contribution in [3.05, 3.63) is 71.6 Å². The molecule has 1 amide bonds. The Morgan fingerprint density at radius 3 is 2.42 bits per heavy atom. The molecule has 31 heavy (non-hydrogen) atoms. The predicted octanol–water partition coefficient (Wildman–Crippen LogP) is 5.08. The first-order valence-corrected chi connectivity index (χ1v) is 9.64. The second-order valence-corrected chi connectivity index (χ2v) is 7.09. The Morgan fingerprint density at radius 1 is 1.16 bits per heavy atom. The first kappa shape index (κ1) is 23.6. The SMILES string of the molecule is CC(=O)c1ccc(NC(=O)O[C@@H](c2ccc(O)c(F)c2)[C@@H](C)CC/C=C/C(=O)O)cc1. The molecule has 0 aliphatic rings. The van der Waals surface area contributed by atoms with Gasteiger partial charge in [0.25, 0.3) is 0 Å². The first-order valence-electron chi connectivity index (χ1n) is 9.64. The summed E-state index contributed by atoms with van der Waals surface area (Å²) < 4.78 is 19.4. The number of phenols is 1. The van der Waals surface area contributed by atoms with Crippen LogP contribution in [0.4, 0.5) is 14.9 Å². The third-order valence-electron chi connectivity index (χ3n) is 4.64. The molecule has 0 unspecified atom stereocenters. The molecule has 0 spiro atoms. The lowest BCUT2D eigenvalue weighted by Gasteiger charge is -2.25. The number of aromatic hydroxyl groups is 1. The van der Waals surface area contributed by atoms with Crippen LogP contribution in [0.15, 0.2) is 54.6 Å². The number of amides is 1. The van der Waals surface area contributed by atoms with Gasteiger partial charge in [-0.05, 0) is 67.6 Å². The monoisotopic (exact) mass is 429 g/mol. The minimum atomic E-state index is -1.06. The normalized spacial score (nSPS) is 12.9. The number of ether oxygens (including phenoxy) is 1. The number of hydrogen-bond donors (Lipinski definition) is 3. The fourth-order valence-electron chi connectivity index (χ4n) is 2.96. The summed E-state index contributed by atoms with van der Waals surface area (Å²) in [5, 5.41) is 20.7. The van der Waals surface area contributed by atoms with Crippen LogP contribution < -0.4 is 5.32 Å². The summed E-state index contributed by atoms with van der Waals surface area (Å²) >= 11 is 0. The summed E-state index contributed by atoms with van der Waals surface area (Å²) in [5.41, 5.74) is 1.27. The number of allylic oxidation sites excluding steroid dienone is 1. The number of benzene rings is 2. The number of carbonyl (C=O) groups excluding carboxylic acids is 2. The zero-order valence-electron chi connectivity index (χ0n) is 17.2. The van der Waals surface area contributed by atoms with E-state index in [2.05, 4.69) is 5.32 Å². The van der Waals surface area contributed by atoms with E-state index < -0.39 is 29.7 Å². The Hall–Kier alpha value is -3.68. The number of halogens is 1. The van der Waals surface area contributed by atoms with Crippen LogP contribution in [0.25, 0.3) is 0 Å². The fraction of sp³-hybridized carbons (Fsp3) is 0.261. The van der Waals surface area contributed by atoms with Crippen molar-refractivity contribution in [2.75, 3.05) is 5.32 Å². The Balaban J connectivity index is 2.14. The lowest BCUT2D eigenvalue weighted by molar-refractivity contribution is -0.131. The number of nitrogens with one attached hydrogen (secondary N) is 1. The van der Waals surface area contributed by atoms with E-state index in [1.54, 1.807) is 31.2 Å². The summed E-state index contributed by atoms with van der Waals surface area (Å²) in [6, 6.07) is 10.0. The molecular weight excluding hydrogens is 405 g/mol. The molecule has 0 bridgehead atoms. The van der Waals surface area contributed by atoms with Gasteiger partial charge >= 0.3 is 12.1 Å². The molecule has 8 heteroatoms. The van der Waals surface area contributed by atoms with Crippen molar-refractivity contribution in [1.82, 2.24) is 0 Å². The van der Waals surface area contributed by atoms with Gasteiger partial charge in [0.15, 0.2) is 17.3 Å². The van der Waals surface area contributed by atoms with Crippen molar-refractivity contribution in [3.63, 3.8) is 0 Å². The molecule has 0 aliphatic carbocycles. The van der Waals surface area contributed by atoms with Crippen molar-refractivity contribution in [3.8, 4) is 5.75 Å². The molecule has 3 N–H and O–H groups in total.